The number of benzene rings is 3. The van der Waals surface area contributed by atoms with Crippen molar-refractivity contribution in [2.45, 2.75) is 6.61 Å². The summed E-state index contributed by atoms with van der Waals surface area (Å²) in [6.45, 7) is 0.347. The third-order valence-electron chi connectivity index (χ3n) is 4.19. The summed E-state index contributed by atoms with van der Waals surface area (Å²) in [6.07, 6.45) is 1.57. The highest BCUT2D eigenvalue weighted by atomic mass is 79.9. The molecule has 0 atom stereocenters. The van der Waals surface area contributed by atoms with E-state index in [9.17, 15) is 5.11 Å². The van der Waals surface area contributed by atoms with Crippen molar-refractivity contribution >= 4 is 27.5 Å². The van der Waals surface area contributed by atoms with Gasteiger partial charge >= 0.3 is 0 Å². The van der Waals surface area contributed by atoms with E-state index in [1.165, 1.54) is 0 Å². The quantitative estimate of drug-likeness (QED) is 0.334. The first-order valence-corrected chi connectivity index (χ1v) is 9.93. The summed E-state index contributed by atoms with van der Waals surface area (Å²) < 4.78 is 12.5. The lowest BCUT2D eigenvalue weighted by molar-refractivity contribution is 0.304. The Morgan fingerprint density at radius 2 is 1.86 bits per heavy atom. The maximum Gasteiger partial charge on any atom is 0.173 e. The van der Waals surface area contributed by atoms with Crippen LogP contribution < -0.4 is 9.47 Å². The number of phenolic OH excluding ortho intramolecular Hbond substituents is 1. The fourth-order valence-electron chi connectivity index (χ4n) is 2.80. The van der Waals surface area contributed by atoms with Crippen LogP contribution in [0.15, 0.2) is 77.4 Å². The number of rotatable bonds is 6. The molecule has 3 aromatic carbocycles. The Labute approximate surface area is 181 Å². The van der Waals surface area contributed by atoms with Gasteiger partial charge in [0.25, 0.3) is 0 Å². The van der Waals surface area contributed by atoms with Crippen molar-refractivity contribution in [3.05, 3.63) is 88.0 Å². The van der Waals surface area contributed by atoms with Crippen molar-refractivity contribution in [3.8, 4) is 34.3 Å². The van der Waals surface area contributed by atoms with Gasteiger partial charge < -0.3 is 14.6 Å². The third-order valence-corrected chi connectivity index (χ3v) is 5.08. The molecule has 0 radical (unpaired) electrons. The Morgan fingerprint density at radius 1 is 1.00 bits per heavy atom. The van der Waals surface area contributed by atoms with Crippen LogP contribution >= 0.6 is 27.5 Å². The molecule has 0 aliphatic carbocycles. The SMILES string of the molecule is Oc1cc(OCc2cccc(Cl)c2)ccc1-c1[nH]ncc1Oc1ccccc1Br. The number of aromatic amines is 1. The third kappa shape index (κ3) is 4.55. The average Bonchev–Trinajstić information content (AvgIpc) is 3.16. The van der Waals surface area contributed by atoms with E-state index in [2.05, 4.69) is 26.1 Å². The van der Waals surface area contributed by atoms with Gasteiger partial charge in [-0.3, -0.25) is 5.10 Å². The molecule has 146 valence electrons. The van der Waals surface area contributed by atoms with Gasteiger partial charge in [-0.2, -0.15) is 5.10 Å². The Bertz CT molecular complexity index is 1150. The molecule has 0 aliphatic rings. The van der Waals surface area contributed by atoms with E-state index < -0.39 is 0 Å². The van der Waals surface area contributed by atoms with Crippen molar-refractivity contribution in [2.24, 2.45) is 0 Å². The molecule has 5 nitrogen and oxygen atoms in total. The number of hydrogen-bond donors (Lipinski definition) is 2. The zero-order valence-electron chi connectivity index (χ0n) is 15.1. The molecule has 1 heterocycles. The molecular weight excluding hydrogens is 456 g/mol. The number of para-hydroxylation sites is 1. The van der Waals surface area contributed by atoms with Crippen molar-refractivity contribution in [1.82, 2.24) is 10.2 Å². The van der Waals surface area contributed by atoms with Crippen LogP contribution in [0.25, 0.3) is 11.3 Å². The summed E-state index contributed by atoms with van der Waals surface area (Å²) in [7, 11) is 0. The fourth-order valence-corrected chi connectivity index (χ4v) is 3.38. The zero-order chi connectivity index (χ0) is 20.2. The molecule has 0 amide bonds. The van der Waals surface area contributed by atoms with Crippen molar-refractivity contribution in [3.63, 3.8) is 0 Å². The molecule has 4 rings (SSSR count). The summed E-state index contributed by atoms with van der Waals surface area (Å²) >= 11 is 9.45. The lowest BCUT2D eigenvalue weighted by Gasteiger charge is -2.11. The van der Waals surface area contributed by atoms with Crippen LogP contribution in [0, 0.1) is 0 Å². The lowest BCUT2D eigenvalue weighted by atomic mass is 10.1. The van der Waals surface area contributed by atoms with E-state index in [4.69, 9.17) is 21.1 Å². The molecule has 7 heteroatoms. The number of hydrogen-bond acceptors (Lipinski definition) is 4. The van der Waals surface area contributed by atoms with Gasteiger partial charge in [0, 0.05) is 16.7 Å². The average molecular weight is 472 g/mol. The van der Waals surface area contributed by atoms with E-state index in [0.29, 0.717) is 40.1 Å². The van der Waals surface area contributed by atoms with Crippen LogP contribution in [0.5, 0.6) is 23.0 Å². The van der Waals surface area contributed by atoms with Gasteiger partial charge in [-0.15, -0.1) is 0 Å². The second-order valence-electron chi connectivity index (χ2n) is 6.24. The lowest BCUT2D eigenvalue weighted by Crippen LogP contribution is -1.95. The number of H-pyrrole nitrogens is 1. The summed E-state index contributed by atoms with van der Waals surface area (Å²) in [6, 6.07) is 20.0. The van der Waals surface area contributed by atoms with E-state index in [1.807, 2.05) is 48.5 Å². The molecule has 1 aromatic heterocycles. The molecule has 0 saturated heterocycles. The number of aromatic nitrogens is 2. The van der Waals surface area contributed by atoms with E-state index >= 15 is 0 Å². The van der Waals surface area contributed by atoms with Crippen molar-refractivity contribution in [2.75, 3.05) is 0 Å². The van der Waals surface area contributed by atoms with Gasteiger partial charge in [0.2, 0.25) is 0 Å². The van der Waals surface area contributed by atoms with Crippen LogP contribution in [-0.4, -0.2) is 15.3 Å². The van der Waals surface area contributed by atoms with E-state index in [-0.39, 0.29) is 5.75 Å². The minimum atomic E-state index is 0.0508. The Kier molecular flexibility index (Phi) is 5.74. The van der Waals surface area contributed by atoms with Gasteiger partial charge in [-0.05, 0) is 57.9 Å². The predicted octanol–water partition coefficient (Wildman–Crippen LogP) is 6.57. The van der Waals surface area contributed by atoms with Crippen LogP contribution in [0.1, 0.15) is 5.56 Å². The molecule has 0 fully saturated rings. The summed E-state index contributed by atoms with van der Waals surface area (Å²) in [4.78, 5) is 0. The largest absolute Gasteiger partial charge is 0.507 e. The Balaban J connectivity index is 1.53. The van der Waals surface area contributed by atoms with E-state index in [1.54, 1.807) is 24.4 Å². The van der Waals surface area contributed by atoms with Crippen LogP contribution in [0.3, 0.4) is 0 Å². The van der Waals surface area contributed by atoms with Gasteiger partial charge in [0.15, 0.2) is 5.75 Å². The van der Waals surface area contributed by atoms with Crippen molar-refractivity contribution in [1.29, 1.82) is 0 Å². The molecule has 4 aromatic rings. The summed E-state index contributed by atoms with van der Waals surface area (Å²) in [5.41, 5.74) is 2.07. The van der Waals surface area contributed by atoms with Gasteiger partial charge in [0.1, 0.15) is 29.5 Å². The predicted molar refractivity (Wildman–Crippen MR) is 116 cm³/mol. The number of ether oxygens (including phenoxy) is 2. The number of halogens is 2. The zero-order valence-corrected chi connectivity index (χ0v) is 17.4. The first-order chi connectivity index (χ1) is 14.1. The number of nitrogens with zero attached hydrogens (tertiary/aromatic N) is 1. The maximum absolute atomic E-state index is 10.5. The fraction of sp³-hybridized carbons (Fsp3) is 0.0455. The summed E-state index contributed by atoms with van der Waals surface area (Å²) in [5.74, 6) is 1.74. The highest BCUT2D eigenvalue weighted by Gasteiger charge is 2.15. The molecule has 0 bridgehead atoms. The van der Waals surface area contributed by atoms with Crippen LogP contribution in [0.4, 0.5) is 0 Å². The molecule has 0 unspecified atom stereocenters. The number of nitrogens with one attached hydrogen (secondary N) is 1. The highest BCUT2D eigenvalue weighted by Crippen LogP contribution is 2.39. The minimum Gasteiger partial charge on any atom is -0.507 e. The standard InChI is InChI=1S/C22H16BrClN2O3/c23-18-6-1-2-7-20(18)29-21-12-25-26-22(21)17-9-8-16(11-19(17)27)28-13-14-4-3-5-15(24)10-14/h1-12,27H,13H2,(H,25,26). The first kappa shape index (κ1) is 19.4. The molecule has 0 spiro atoms. The van der Waals surface area contributed by atoms with Gasteiger partial charge in [0.05, 0.1) is 10.7 Å². The van der Waals surface area contributed by atoms with Crippen molar-refractivity contribution < 1.29 is 14.6 Å². The molecule has 2 N–H and O–H groups in total. The maximum atomic E-state index is 10.5. The molecular formula is C22H16BrClN2O3. The van der Waals surface area contributed by atoms with Gasteiger partial charge in [-0.1, -0.05) is 35.9 Å². The Hall–Kier alpha value is -2.96. The van der Waals surface area contributed by atoms with E-state index in [0.717, 1.165) is 10.0 Å². The first-order valence-electron chi connectivity index (χ1n) is 8.76. The van der Waals surface area contributed by atoms with Crippen LogP contribution in [-0.2, 0) is 6.61 Å². The van der Waals surface area contributed by atoms with Crippen LogP contribution in [0.2, 0.25) is 5.02 Å². The number of phenols is 1. The molecule has 29 heavy (non-hydrogen) atoms. The minimum absolute atomic E-state index is 0.0508. The molecule has 0 aliphatic heterocycles. The normalized spacial score (nSPS) is 10.7. The summed E-state index contributed by atoms with van der Waals surface area (Å²) in [5, 5.41) is 18.1. The molecule has 0 saturated carbocycles. The smallest absolute Gasteiger partial charge is 0.173 e. The second-order valence-corrected chi connectivity index (χ2v) is 7.53. The highest BCUT2D eigenvalue weighted by molar-refractivity contribution is 9.10. The monoisotopic (exact) mass is 470 g/mol. The Morgan fingerprint density at radius 3 is 2.66 bits per heavy atom. The van der Waals surface area contributed by atoms with Gasteiger partial charge in [-0.25, -0.2) is 0 Å². The number of aromatic hydroxyl groups is 1. The topological polar surface area (TPSA) is 67.4 Å². The second kappa shape index (κ2) is 8.59.